The Labute approximate surface area is 151 Å². The molecule has 134 valence electrons. The van der Waals surface area contributed by atoms with Crippen LogP contribution in [0.15, 0.2) is 36.7 Å². The van der Waals surface area contributed by atoms with Gasteiger partial charge in [0.05, 0.1) is 11.7 Å². The molecular weight excluding hydrogens is 330 g/mol. The van der Waals surface area contributed by atoms with Gasteiger partial charge in [0, 0.05) is 18.3 Å². The first kappa shape index (κ1) is 16.5. The summed E-state index contributed by atoms with van der Waals surface area (Å²) in [5.74, 6) is 0.510. The van der Waals surface area contributed by atoms with Gasteiger partial charge in [-0.15, -0.1) is 10.2 Å². The molecule has 1 unspecified atom stereocenters. The highest BCUT2D eigenvalue weighted by molar-refractivity contribution is 6.03. The summed E-state index contributed by atoms with van der Waals surface area (Å²) in [6, 6.07) is 9.68. The van der Waals surface area contributed by atoms with E-state index < -0.39 is 0 Å². The number of hydrogen-bond acceptors (Lipinski definition) is 5. The number of likely N-dealkylation sites (tertiary alicyclic amines) is 1. The molecule has 1 aromatic carbocycles. The minimum Gasteiger partial charge on any atom is -0.321 e. The van der Waals surface area contributed by atoms with Crippen LogP contribution >= 0.6 is 0 Å². The van der Waals surface area contributed by atoms with Crippen LogP contribution in [0, 0.1) is 0 Å². The molecule has 0 saturated carbocycles. The van der Waals surface area contributed by atoms with Crippen LogP contribution in [0.1, 0.15) is 35.1 Å². The molecule has 0 aliphatic carbocycles. The van der Waals surface area contributed by atoms with E-state index in [-0.39, 0.29) is 5.91 Å². The number of anilines is 1. The lowest BCUT2D eigenvalue weighted by Gasteiger charge is -2.16. The van der Waals surface area contributed by atoms with Crippen molar-refractivity contribution in [3.8, 4) is 11.4 Å². The Bertz CT molecular complexity index is 929. The average molecular weight is 351 g/mol. The normalized spacial score (nSPS) is 17.5. The van der Waals surface area contributed by atoms with E-state index in [4.69, 9.17) is 0 Å². The topological polar surface area (TPSA) is 91.7 Å². The zero-order chi connectivity index (χ0) is 18.1. The van der Waals surface area contributed by atoms with Gasteiger partial charge in [0.25, 0.3) is 5.91 Å². The van der Waals surface area contributed by atoms with Crippen LogP contribution in [-0.2, 0) is 7.05 Å². The number of nitrogens with zero attached hydrogens (tertiary/aromatic N) is 5. The van der Waals surface area contributed by atoms with Crippen molar-refractivity contribution in [3.63, 3.8) is 0 Å². The Morgan fingerprint density at radius 3 is 2.92 bits per heavy atom. The largest absolute Gasteiger partial charge is 0.321 e. The number of aromatic nitrogens is 5. The first-order chi connectivity index (χ1) is 12.6. The minimum absolute atomic E-state index is 0.233. The van der Waals surface area contributed by atoms with E-state index in [1.54, 1.807) is 6.33 Å². The van der Waals surface area contributed by atoms with Crippen molar-refractivity contribution in [2.45, 2.75) is 18.9 Å². The second-order valence-corrected chi connectivity index (χ2v) is 6.65. The summed E-state index contributed by atoms with van der Waals surface area (Å²) < 4.78 is 1.83. The summed E-state index contributed by atoms with van der Waals surface area (Å²) in [6.45, 7) is 1.07. The average Bonchev–Trinajstić information content (AvgIpc) is 3.35. The van der Waals surface area contributed by atoms with Gasteiger partial charge < -0.3 is 9.88 Å². The Balaban J connectivity index is 1.50. The zero-order valence-electron chi connectivity index (χ0n) is 14.8. The molecule has 1 fully saturated rings. The molecule has 1 saturated heterocycles. The van der Waals surface area contributed by atoms with Crippen molar-refractivity contribution in [1.82, 2.24) is 29.9 Å². The molecule has 1 amide bonds. The maximum atomic E-state index is 12.5. The van der Waals surface area contributed by atoms with Crippen molar-refractivity contribution < 1.29 is 4.79 Å². The van der Waals surface area contributed by atoms with Gasteiger partial charge in [0.1, 0.15) is 6.33 Å². The van der Waals surface area contributed by atoms with Gasteiger partial charge in [-0.2, -0.15) is 5.10 Å². The molecule has 1 atom stereocenters. The predicted molar refractivity (Wildman–Crippen MR) is 97.6 cm³/mol. The number of hydrogen-bond donors (Lipinski definition) is 2. The summed E-state index contributed by atoms with van der Waals surface area (Å²) >= 11 is 0. The van der Waals surface area contributed by atoms with Crippen LogP contribution in [0.25, 0.3) is 11.4 Å². The quantitative estimate of drug-likeness (QED) is 0.752. The van der Waals surface area contributed by atoms with Crippen molar-refractivity contribution in [2.24, 2.45) is 7.05 Å². The summed E-state index contributed by atoms with van der Waals surface area (Å²) in [5.41, 5.74) is 2.96. The van der Waals surface area contributed by atoms with Gasteiger partial charge in [-0.25, -0.2) is 0 Å². The number of carbonyl (C=O) groups is 1. The second kappa shape index (κ2) is 6.72. The molecule has 2 aromatic heterocycles. The van der Waals surface area contributed by atoms with Crippen LogP contribution in [0.4, 0.5) is 5.69 Å². The molecule has 1 aliphatic heterocycles. The van der Waals surface area contributed by atoms with Gasteiger partial charge in [-0.1, -0.05) is 12.1 Å². The molecule has 1 aliphatic rings. The van der Waals surface area contributed by atoms with Gasteiger partial charge >= 0.3 is 0 Å². The molecule has 26 heavy (non-hydrogen) atoms. The monoisotopic (exact) mass is 351 g/mol. The first-order valence-electron chi connectivity index (χ1n) is 8.63. The smallest absolute Gasteiger partial charge is 0.276 e. The molecule has 2 N–H and O–H groups in total. The summed E-state index contributed by atoms with van der Waals surface area (Å²) in [6.07, 6.45) is 3.89. The van der Waals surface area contributed by atoms with Gasteiger partial charge in [0.2, 0.25) is 0 Å². The number of nitrogens with one attached hydrogen (secondary N) is 2. The van der Waals surface area contributed by atoms with Crippen LogP contribution in [0.5, 0.6) is 0 Å². The predicted octanol–water partition coefficient (Wildman–Crippen LogP) is 2.22. The fourth-order valence-corrected chi connectivity index (χ4v) is 3.40. The van der Waals surface area contributed by atoms with Crippen LogP contribution in [-0.4, -0.2) is 49.4 Å². The van der Waals surface area contributed by atoms with E-state index in [1.165, 1.54) is 0 Å². The fraction of sp³-hybridized carbons (Fsp3) is 0.333. The molecule has 8 nitrogen and oxygen atoms in total. The van der Waals surface area contributed by atoms with Gasteiger partial charge in [0.15, 0.2) is 11.5 Å². The molecule has 8 heteroatoms. The number of rotatable bonds is 4. The number of amides is 1. The first-order valence-corrected chi connectivity index (χ1v) is 8.63. The molecule has 3 aromatic rings. The molecule has 4 rings (SSSR count). The summed E-state index contributed by atoms with van der Waals surface area (Å²) in [7, 11) is 3.97. The van der Waals surface area contributed by atoms with E-state index in [1.807, 2.05) is 41.9 Å². The third-order valence-corrected chi connectivity index (χ3v) is 4.80. The lowest BCUT2D eigenvalue weighted by molar-refractivity contribution is 0.102. The van der Waals surface area contributed by atoms with Crippen LogP contribution in [0.2, 0.25) is 0 Å². The number of aromatic amines is 1. The fourth-order valence-electron chi connectivity index (χ4n) is 3.40. The number of benzene rings is 1. The zero-order valence-corrected chi connectivity index (χ0v) is 14.8. The Morgan fingerprint density at radius 1 is 1.31 bits per heavy atom. The van der Waals surface area contributed by atoms with Crippen molar-refractivity contribution in [1.29, 1.82) is 0 Å². The van der Waals surface area contributed by atoms with Gasteiger partial charge in [-0.05, 0) is 44.6 Å². The molecule has 0 spiro atoms. The Kier molecular flexibility index (Phi) is 4.26. The van der Waals surface area contributed by atoms with E-state index in [2.05, 4.69) is 37.7 Å². The molecule has 0 radical (unpaired) electrons. The van der Waals surface area contributed by atoms with Crippen LogP contribution < -0.4 is 5.32 Å². The minimum atomic E-state index is -0.233. The highest BCUT2D eigenvalue weighted by Gasteiger charge is 2.25. The van der Waals surface area contributed by atoms with E-state index >= 15 is 0 Å². The number of H-pyrrole nitrogens is 1. The Hall–Kier alpha value is -3.00. The number of carbonyl (C=O) groups excluding carboxylic acids is 1. The highest BCUT2D eigenvalue weighted by Crippen LogP contribution is 2.29. The van der Waals surface area contributed by atoms with Gasteiger partial charge in [-0.3, -0.25) is 14.8 Å². The van der Waals surface area contributed by atoms with E-state index in [0.717, 1.165) is 36.5 Å². The standard InChI is InChI=1S/C18H21N7O/c1-24-8-4-7-16(24)14-10-15(22-21-14)18(26)20-13-6-3-5-12(9-13)17-23-19-11-25(17)2/h3,5-6,9-11,16H,4,7-8H2,1-2H3,(H,20,26)(H,21,22). The number of aryl methyl sites for hydroxylation is 1. The SMILES string of the molecule is CN1CCCC1c1cc(C(=O)Nc2cccc(-c3nncn3C)c2)n[nH]1. The van der Waals surface area contributed by atoms with Crippen molar-refractivity contribution >= 4 is 11.6 Å². The third-order valence-electron chi connectivity index (χ3n) is 4.80. The second-order valence-electron chi connectivity index (χ2n) is 6.65. The summed E-state index contributed by atoms with van der Waals surface area (Å²) in [5, 5.41) is 18.1. The molecule has 3 heterocycles. The summed E-state index contributed by atoms with van der Waals surface area (Å²) in [4.78, 5) is 14.8. The van der Waals surface area contributed by atoms with Crippen LogP contribution in [0.3, 0.4) is 0 Å². The molecule has 0 bridgehead atoms. The maximum Gasteiger partial charge on any atom is 0.276 e. The van der Waals surface area contributed by atoms with Crippen molar-refractivity contribution in [2.75, 3.05) is 18.9 Å². The highest BCUT2D eigenvalue weighted by atomic mass is 16.1. The van der Waals surface area contributed by atoms with E-state index in [9.17, 15) is 4.79 Å². The van der Waals surface area contributed by atoms with Crippen molar-refractivity contribution in [3.05, 3.63) is 48.0 Å². The van der Waals surface area contributed by atoms with E-state index in [0.29, 0.717) is 17.4 Å². The third kappa shape index (κ3) is 3.11. The molecular formula is C18H21N7O. The maximum absolute atomic E-state index is 12.5. The Morgan fingerprint density at radius 2 is 2.19 bits per heavy atom. The lowest BCUT2D eigenvalue weighted by Crippen LogP contribution is -2.17. The lowest BCUT2D eigenvalue weighted by atomic mass is 10.1.